The van der Waals surface area contributed by atoms with E-state index in [9.17, 15) is 14.0 Å². The molecule has 144 valence electrons. The van der Waals surface area contributed by atoms with Gasteiger partial charge in [-0.25, -0.2) is 14.2 Å². The fraction of sp³-hybridized carbons (Fsp3) is 0.286. The number of hydrogen-bond donors (Lipinski definition) is 0. The van der Waals surface area contributed by atoms with Crippen LogP contribution in [-0.2, 0) is 9.53 Å². The number of aromatic nitrogens is 1. The summed E-state index contributed by atoms with van der Waals surface area (Å²) in [5.41, 5.74) is 1.82. The maximum Gasteiger partial charge on any atom is 0.338 e. The average molecular weight is 382 g/mol. The molecule has 6 nitrogen and oxygen atoms in total. The largest absolute Gasteiger partial charge is 0.452 e. The van der Waals surface area contributed by atoms with E-state index in [1.807, 2.05) is 24.3 Å². The topological polar surface area (TPSA) is 72.6 Å². The van der Waals surface area contributed by atoms with Crippen LogP contribution in [0.5, 0.6) is 0 Å². The average Bonchev–Trinajstić information content (AvgIpc) is 3.16. The van der Waals surface area contributed by atoms with Crippen molar-refractivity contribution in [2.75, 3.05) is 19.7 Å². The predicted molar refractivity (Wildman–Crippen MR) is 99.2 cm³/mol. The number of carbonyl (C=O) groups is 2. The van der Waals surface area contributed by atoms with Crippen LogP contribution in [0.2, 0.25) is 0 Å². The van der Waals surface area contributed by atoms with Gasteiger partial charge in [-0.1, -0.05) is 12.1 Å². The smallest absolute Gasteiger partial charge is 0.338 e. The monoisotopic (exact) mass is 382 g/mol. The molecule has 1 saturated heterocycles. The second-order valence-electron chi connectivity index (χ2n) is 6.76. The lowest BCUT2D eigenvalue weighted by Gasteiger charge is -2.30. The molecule has 1 aromatic heterocycles. The molecule has 28 heavy (non-hydrogen) atoms. The normalized spacial score (nSPS) is 15.0. The summed E-state index contributed by atoms with van der Waals surface area (Å²) in [7, 11) is 0. The molecular formula is C21H19FN2O4. The van der Waals surface area contributed by atoms with E-state index in [0.717, 1.165) is 23.9 Å². The zero-order valence-corrected chi connectivity index (χ0v) is 15.1. The number of fused-ring (bicyclic) bond motifs is 1. The SMILES string of the molecule is O=C(OCC(=O)N1CCC(c2nc3ccccc3o2)CC1)c1ccc(F)cc1. The molecule has 1 aliphatic rings. The summed E-state index contributed by atoms with van der Waals surface area (Å²) in [6, 6.07) is 12.6. The highest BCUT2D eigenvalue weighted by Crippen LogP contribution is 2.29. The first-order chi connectivity index (χ1) is 13.6. The molecule has 4 rings (SSSR count). The molecule has 0 radical (unpaired) electrons. The van der Waals surface area contributed by atoms with E-state index in [1.165, 1.54) is 24.3 Å². The number of carbonyl (C=O) groups excluding carboxylic acids is 2. The minimum Gasteiger partial charge on any atom is -0.452 e. The van der Waals surface area contributed by atoms with Gasteiger partial charge in [-0.3, -0.25) is 4.79 Å². The third-order valence-electron chi connectivity index (χ3n) is 4.91. The Morgan fingerprint density at radius 1 is 1.11 bits per heavy atom. The van der Waals surface area contributed by atoms with E-state index < -0.39 is 11.8 Å². The lowest BCUT2D eigenvalue weighted by Crippen LogP contribution is -2.40. The Kier molecular flexibility index (Phi) is 5.06. The first kappa shape index (κ1) is 18.2. The second-order valence-corrected chi connectivity index (χ2v) is 6.76. The van der Waals surface area contributed by atoms with Crippen LogP contribution in [0.25, 0.3) is 11.1 Å². The van der Waals surface area contributed by atoms with Gasteiger partial charge in [-0.15, -0.1) is 0 Å². The molecule has 7 heteroatoms. The molecule has 1 amide bonds. The molecule has 0 N–H and O–H groups in total. The molecule has 1 fully saturated rings. The first-order valence-electron chi connectivity index (χ1n) is 9.16. The Labute approximate surface area is 160 Å². The van der Waals surface area contributed by atoms with Gasteiger partial charge < -0.3 is 14.1 Å². The van der Waals surface area contributed by atoms with Crippen LogP contribution in [0.15, 0.2) is 52.9 Å². The van der Waals surface area contributed by atoms with Crippen LogP contribution < -0.4 is 0 Å². The van der Waals surface area contributed by atoms with Crippen molar-refractivity contribution in [2.24, 2.45) is 0 Å². The molecule has 0 spiro atoms. The minimum absolute atomic E-state index is 0.165. The van der Waals surface area contributed by atoms with Crippen LogP contribution in [0.3, 0.4) is 0 Å². The maximum absolute atomic E-state index is 12.9. The lowest BCUT2D eigenvalue weighted by molar-refractivity contribution is -0.135. The Balaban J connectivity index is 1.29. The van der Waals surface area contributed by atoms with E-state index in [1.54, 1.807) is 4.90 Å². The summed E-state index contributed by atoms with van der Waals surface area (Å²) in [6.45, 7) is 0.774. The lowest BCUT2D eigenvalue weighted by atomic mass is 9.97. The third-order valence-corrected chi connectivity index (χ3v) is 4.91. The molecular weight excluding hydrogens is 363 g/mol. The maximum atomic E-state index is 12.9. The van der Waals surface area contributed by atoms with Gasteiger partial charge in [-0.2, -0.15) is 0 Å². The van der Waals surface area contributed by atoms with Gasteiger partial charge in [0.2, 0.25) is 0 Å². The summed E-state index contributed by atoms with van der Waals surface area (Å²) in [5.74, 6) is -0.454. The number of esters is 1. The zero-order chi connectivity index (χ0) is 19.5. The molecule has 1 aliphatic heterocycles. The molecule has 3 aromatic rings. The highest BCUT2D eigenvalue weighted by molar-refractivity contribution is 5.91. The molecule has 2 aromatic carbocycles. The van der Waals surface area contributed by atoms with E-state index in [0.29, 0.717) is 19.0 Å². The number of piperidine rings is 1. The van der Waals surface area contributed by atoms with Crippen molar-refractivity contribution in [3.8, 4) is 0 Å². The van der Waals surface area contributed by atoms with E-state index >= 15 is 0 Å². The van der Waals surface area contributed by atoms with E-state index in [4.69, 9.17) is 9.15 Å². The van der Waals surface area contributed by atoms with Crippen LogP contribution in [0, 0.1) is 5.82 Å². The number of likely N-dealkylation sites (tertiary alicyclic amines) is 1. The Bertz CT molecular complexity index is 958. The number of oxazole rings is 1. The van der Waals surface area contributed by atoms with Crippen LogP contribution in [0.1, 0.15) is 35.0 Å². The predicted octanol–water partition coefficient (Wildman–Crippen LogP) is 3.53. The second kappa shape index (κ2) is 7.80. The van der Waals surface area contributed by atoms with Gasteiger partial charge in [-0.05, 0) is 49.2 Å². The van der Waals surface area contributed by atoms with Crippen LogP contribution in [-0.4, -0.2) is 41.5 Å². The fourth-order valence-corrected chi connectivity index (χ4v) is 3.33. The van der Waals surface area contributed by atoms with Gasteiger partial charge in [0, 0.05) is 19.0 Å². The highest BCUT2D eigenvalue weighted by Gasteiger charge is 2.27. The van der Waals surface area contributed by atoms with Crippen molar-refractivity contribution in [1.82, 2.24) is 9.88 Å². The van der Waals surface area contributed by atoms with Crippen molar-refractivity contribution in [2.45, 2.75) is 18.8 Å². The highest BCUT2D eigenvalue weighted by atomic mass is 19.1. The molecule has 0 unspecified atom stereocenters. The van der Waals surface area contributed by atoms with Crippen molar-refractivity contribution in [3.63, 3.8) is 0 Å². The fourth-order valence-electron chi connectivity index (χ4n) is 3.33. The molecule has 0 atom stereocenters. The van der Waals surface area contributed by atoms with Gasteiger partial charge in [0.1, 0.15) is 11.3 Å². The number of amides is 1. The summed E-state index contributed by atoms with van der Waals surface area (Å²) in [5, 5.41) is 0. The number of benzene rings is 2. The number of nitrogens with zero attached hydrogens (tertiary/aromatic N) is 2. The van der Waals surface area contributed by atoms with E-state index in [2.05, 4.69) is 4.98 Å². The molecule has 2 heterocycles. The minimum atomic E-state index is -0.644. The van der Waals surface area contributed by atoms with Crippen molar-refractivity contribution >= 4 is 23.0 Å². The van der Waals surface area contributed by atoms with Gasteiger partial charge in [0.15, 0.2) is 18.1 Å². The van der Waals surface area contributed by atoms with Gasteiger partial charge >= 0.3 is 5.97 Å². The molecule has 0 bridgehead atoms. The number of halogens is 1. The first-order valence-corrected chi connectivity index (χ1v) is 9.16. The van der Waals surface area contributed by atoms with Crippen molar-refractivity contribution in [1.29, 1.82) is 0 Å². The Morgan fingerprint density at radius 3 is 2.54 bits per heavy atom. The van der Waals surface area contributed by atoms with Crippen LogP contribution in [0.4, 0.5) is 4.39 Å². The summed E-state index contributed by atoms with van der Waals surface area (Å²) >= 11 is 0. The number of hydrogen-bond acceptors (Lipinski definition) is 5. The van der Waals surface area contributed by atoms with Crippen LogP contribution >= 0.6 is 0 Å². The van der Waals surface area contributed by atoms with Gasteiger partial charge in [0.25, 0.3) is 5.91 Å². The van der Waals surface area contributed by atoms with Crippen molar-refractivity contribution < 1.29 is 23.1 Å². The molecule has 0 aliphatic carbocycles. The summed E-state index contributed by atoms with van der Waals surface area (Å²) in [6.07, 6.45) is 1.48. The standard InChI is InChI=1S/C21H19FN2O4/c22-16-7-5-15(6-8-16)21(26)27-13-19(25)24-11-9-14(10-12-24)20-23-17-3-1-2-4-18(17)28-20/h1-8,14H,9-13H2. The van der Waals surface area contributed by atoms with E-state index in [-0.39, 0.29) is 24.0 Å². The Hall–Kier alpha value is -3.22. The number of ether oxygens (including phenoxy) is 1. The molecule has 0 saturated carbocycles. The quantitative estimate of drug-likeness (QED) is 0.646. The number of rotatable bonds is 4. The van der Waals surface area contributed by atoms with Crippen molar-refractivity contribution in [3.05, 3.63) is 65.8 Å². The zero-order valence-electron chi connectivity index (χ0n) is 15.1. The van der Waals surface area contributed by atoms with Gasteiger partial charge in [0.05, 0.1) is 5.56 Å². The summed E-state index contributed by atoms with van der Waals surface area (Å²) in [4.78, 5) is 30.5. The third kappa shape index (κ3) is 3.88. The summed E-state index contributed by atoms with van der Waals surface area (Å²) < 4.78 is 23.8. The number of para-hydroxylation sites is 2. The Morgan fingerprint density at radius 2 is 1.82 bits per heavy atom.